The fourth-order valence-corrected chi connectivity index (χ4v) is 3.90. The zero-order valence-corrected chi connectivity index (χ0v) is 16.1. The second-order valence-corrected chi connectivity index (χ2v) is 7.24. The summed E-state index contributed by atoms with van der Waals surface area (Å²) in [4.78, 5) is 21.1. The first-order chi connectivity index (χ1) is 13.1. The number of piperazine rings is 1. The lowest BCUT2D eigenvalue weighted by atomic mass is 10.1. The number of pyridine rings is 1. The number of aryl methyl sites for hydroxylation is 1. The molecule has 1 saturated heterocycles. The Bertz CT molecular complexity index is 995. The van der Waals surface area contributed by atoms with E-state index in [1.165, 1.54) is 0 Å². The highest BCUT2D eigenvalue weighted by atomic mass is 35.5. The second-order valence-electron chi connectivity index (χ2n) is 6.84. The van der Waals surface area contributed by atoms with Gasteiger partial charge in [0.25, 0.3) is 0 Å². The molecule has 5 nitrogen and oxygen atoms in total. The van der Waals surface area contributed by atoms with Gasteiger partial charge in [0, 0.05) is 55.4 Å². The Morgan fingerprint density at radius 1 is 1.11 bits per heavy atom. The molecule has 1 fully saturated rings. The van der Waals surface area contributed by atoms with E-state index in [-0.39, 0.29) is 5.63 Å². The fourth-order valence-electron chi connectivity index (χ4n) is 3.61. The average Bonchev–Trinajstić information content (AvgIpc) is 2.69. The lowest BCUT2D eigenvalue weighted by Gasteiger charge is -2.35. The first kappa shape index (κ1) is 18.0. The monoisotopic (exact) mass is 383 g/mol. The number of anilines is 1. The molecule has 2 aromatic heterocycles. The molecule has 1 aliphatic rings. The Balaban J connectivity index is 1.54. The van der Waals surface area contributed by atoms with E-state index < -0.39 is 0 Å². The minimum absolute atomic E-state index is 0.311. The van der Waals surface area contributed by atoms with Crippen molar-refractivity contribution in [1.82, 2.24) is 9.88 Å². The summed E-state index contributed by atoms with van der Waals surface area (Å²) in [5.41, 5.74) is 2.27. The number of rotatable bonds is 4. The van der Waals surface area contributed by atoms with Gasteiger partial charge in [0.15, 0.2) is 0 Å². The van der Waals surface area contributed by atoms with Crippen LogP contribution in [0.25, 0.3) is 11.0 Å². The predicted molar refractivity (Wildman–Crippen MR) is 109 cm³/mol. The number of nitrogens with zero attached hydrogens (tertiary/aromatic N) is 3. The van der Waals surface area contributed by atoms with E-state index >= 15 is 0 Å². The first-order valence-corrected chi connectivity index (χ1v) is 9.65. The largest absolute Gasteiger partial charge is 0.423 e. The third-order valence-electron chi connectivity index (χ3n) is 5.12. The highest BCUT2D eigenvalue weighted by Crippen LogP contribution is 2.27. The van der Waals surface area contributed by atoms with Crippen LogP contribution in [0.3, 0.4) is 0 Å². The minimum Gasteiger partial charge on any atom is -0.423 e. The van der Waals surface area contributed by atoms with Gasteiger partial charge in [0.05, 0.1) is 0 Å². The number of benzene rings is 1. The molecule has 0 bridgehead atoms. The molecule has 0 N–H and O–H groups in total. The van der Waals surface area contributed by atoms with Gasteiger partial charge >= 0.3 is 5.63 Å². The zero-order valence-electron chi connectivity index (χ0n) is 15.3. The van der Waals surface area contributed by atoms with Gasteiger partial charge in [-0.05, 0) is 41.8 Å². The van der Waals surface area contributed by atoms with Crippen LogP contribution in [0.15, 0.2) is 51.8 Å². The summed E-state index contributed by atoms with van der Waals surface area (Å²) < 4.78 is 5.41. The van der Waals surface area contributed by atoms with Crippen molar-refractivity contribution in [2.24, 2.45) is 0 Å². The molecule has 6 heteroatoms. The van der Waals surface area contributed by atoms with Crippen LogP contribution in [0, 0.1) is 0 Å². The first-order valence-electron chi connectivity index (χ1n) is 9.27. The summed E-state index contributed by atoms with van der Waals surface area (Å²) >= 11 is 6.40. The summed E-state index contributed by atoms with van der Waals surface area (Å²) in [6, 6.07) is 11.4. The van der Waals surface area contributed by atoms with Gasteiger partial charge in [-0.3, -0.25) is 4.90 Å². The molecule has 3 aromatic rings. The maximum Gasteiger partial charge on any atom is 0.336 e. The Kier molecular flexibility index (Phi) is 5.14. The molecule has 0 spiro atoms. The van der Waals surface area contributed by atoms with Gasteiger partial charge in [-0.25, -0.2) is 9.78 Å². The topological polar surface area (TPSA) is 49.6 Å². The van der Waals surface area contributed by atoms with E-state index in [2.05, 4.69) is 14.8 Å². The van der Waals surface area contributed by atoms with Crippen molar-refractivity contribution >= 4 is 28.4 Å². The van der Waals surface area contributed by atoms with Crippen molar-refractivity contribution in [2.45, 2.75) is 19.9 Å². The summed E-state index contributed by atoms with van der Waals surface area (Å²) in [5.74, 6) is 1.02. The number of hydrogen-bond donors (Lipinski definition) is 0. The second kappa shape index (κ2) is 7.71. The van der Waals surface area contributed by atoms with E-state index in [0.29, 0.717) is 12.1 Å². The number of aromatic nitrogens is 1. The molecule has 1 aliphatic heterocycles. The molecule has 1 aromatic carbocycles. The van der Waals surface area contributed by atoms with E-state index in [4.69, 9.17) is 16.0 Å². The molecule has 3 heterocycles. The summed E-state index contributed by atoms with van der Waals surface area (Å²) in [5, 5.41) is 1.64. The molecular formula is C21H22ClN3O2. The fraction of sp³-hybridized carbons (Fsp3) is 0.333. The van der Waals surface area contributed by atoms with Gasteiger partial charge in [-0.1, -0.05) is 24.6 Å². The molecule has 4 rings (SSSR count). The van der Waals surface area contributed by atoms with Gasteiger partial charge in [0.2, 0.25) is 0 Å². The van der Waals surface area contributed by atoms with Crippen LogP contribution < -0.4 is 10.5 Å². The Labute approximate surface area is 163 Å². The molecule has 0 radical (unpaired) electrons. The SMILES string of the molecule is CCc1cc2oc(=O)cc(CN3CCN(c4ccccn4)CC3)c2cc1Cl. The molecule has 0 atom stereocenters. The average molecular weight is 384 g/mol. The highest BCUT2D eigenvalue weighted by Gasteiger charge is 2.19. The van der Waals surface area contributed by atoms with Gasteiger partial charge < -0.3 is 9.32 Å². The zero-order chi connectivity index (χ0) is 18.8. The molecular weight excluding hydrogens is 362 g/mol. The van der Waals surface area contributed by atoms with Gasteiger partial charge in [-0.15, -0.1) is 0 Å². The molecule has 0 saturated carbocycles. The molecule has 27 heavy (non-hydrogen) atoms. The van der Waals surface area contributed by atoms with Crippen molar-refractivity contribution in [3.05, 3.63) is 69.2 Å². The molecule has 140 valence electrons. The normalized spacial score (nSPS) is 15.4. The Hall–Kier alpha value is -2.37. The van der Waals surface area contributed by atoms with Crippen LogP contribution >= 0.6 is 11.6 Å². The van der Waals surface area contributed by atoms with Crippen molar-refractivity contribution in [1.29, 1.82) is 0 Å². The van der Waals surface area contributed by atoms with Crippen molar-refractivity contribution in [2.75, 3.05) is 31.1 Å². The van der Waals surface area contributed by atoms with E-state index in [0.717, 1.165) is 60.0 Å². The Morgan fingerprint density at radius 3 is 2.63 bits per heavy atom. The lowest BCUT2D eigenvalue weighted by Crippen LogP contribution is -2.46. The predicted octanol–water partition coefficient (Wildman–Crippen LogP) is 3.73. The maximum absolute atomic E-state index is 12.0. The number of halogens is 1. The maximum atomic E-state index is 12.0. The van der Waals surface area contributed by atoms with E-state index in [9.17, 15) is 4.79 Å². The van der Waals surface area contributed by atoms with Crippen molar-refractivity contribution in [3.63, 3.8) is 0 Å². The van der Waals surface area contributed by atoms with Gasteiger partial charge in [0.1, 0.15) is 11.4 Å². The van der Waals surface area contributed by atoms with Crippen LogP contribution in [-0.2, 0) is 13.0 Å². The van der Waals surface area contributed by atoms with Crippen LogP contribution in [0.1, 0.15) is 18.1 Å². The van der Waals surface area contributed by atoms with E-state index in [1.54, 1.807) is 6.07 Å². The smallest absolute Gasteiger partial charge is 0.336 e. The molecule has 0 unspecified atom stereocenters. The number of fused-ring (bicyclic) bond motifs is 1. The standard InChI is InChI=1S/C21H22ClN3O2/c1-2-15-11-19-17(13-18(15)22)16(12-21(26)27-19)14-24-7-9-25(10-8-24)20-5-3-4-6-23-20/h3-6,11-13H,2,7-10,14H2,1H3. The summed E-state index contributed by atoms with van der Waals surface area (Å²) in [6.45, 7) is 6.41. The molecule has 0 aliphatic carbocycles. The number of hydrogen-bond acceptors (Lipinski definition) is 5. The summed E-state index contributed by atoms with van der Waals surface area (Å²) in [7, 11) is 0. The third-order valence-corrected chi connectivity index (χ3v) is 5.47. The van der Waals surface area contributed by atoms with Crippen LogP contribution in [-0.4, -0.2) is 36.1 Å². The van der Waals surface area contributed by atoms with Crippen molar-refractivity contribution < 1.29 is 4.42 Å². The van der Waals surface area contributed by atoms with Crippen LogP contribution in [0.2, 0.25) is 5.02 Å². The van der Waals surface area contributed by atoms with Crippen molar-refractivity contribution in [3.8, 4) is 0 Å². The van der Waals surface area contributed by atoms with Crippen LogP contribution in [0.5, 0.6) is 0 Å². The van der Waals surface area contributed by atoms with Crippen LogP contribution in [0.4, 0.5) is 5.82 Å². The Morgan fingerprint density at radius 2 is 1.93 bits per heavy atom. The minimum atomic E-state index is -0.311. The highest BCUT2D eigenvalue weighted by molar-refractivity contribution is 6.32. The third kappa shape index (κ3) is 3.84. The quantitative estimate of drug-likeness (QED) is 0.642. The lowest BCUT2D eigenvalue weighted by molar-refractivity contribution is 0.249. The van der Waals surface area contributed by atoms with E-state index in [1.807, 2.05) is 43.5 Å². The van der Waals surface area contributed by atoms with Gasteiger partial charge in [-0.2, -0.15) is 0 Å². The summed E-state index contributed by atoms with van der Waals surface area (Å²) in [6.07, 6.45) is 2.63. The molecule has 0 amide bonds.